The molecule has 128 valence electrons. The number of hydrogen-bond donors (Lipinski definition) is 1. The predicted molar refractivity (Wildman–Crippen MR) is 94.8 cm³/mol. The van der Waals surface area contributed by atoms with Crippen LogP contribution in [0, 0.1) is 5.41 Å². The standard InChI is InChI=1S/C19H30O3Si/c1-12-14-10-13(20)11-15(14)16(18(5,21)19(12)8-9-19)22-23(6,7)17(2,3)4/h11,16,21H,8-10H2,1-7H3. The lowest BCUT2D eigenvalue weighted by Gasteiger charge is -2.50. The topological polar surface area (TPSA) is 46.5 Å². The Bertz CT molecular complexity index is 627. The second kappa shape index (κ2) is 4.68. The molecule has 1 N–H and O–H groups in total. The largest absolute Gasteiger partial charge is 0.407 e. The smallest absolute Gasteiger partial charge is 0.193 e. The quantitative estimate of drug-likeness (QED) is 0.772. The van der Waals surface area contributed by atoms with Crippen LogP contribution in [0.1, 0.15) is 53.9 Å². The van der Waals surface area contributed by atoms with E-state index in [9.17, 15) is 9.90 Å². The van der Waals surface area contributed by atoms with E-state index in [-0.39, 0.29) is 22.3 Å². The number of carbonyl (C=O) groups is 1. The van der Waals surface area contributed by atoms with Crippen LogP contribution < -0.4 is 0 Å². The molecule has 3 aliphatic carbocycles. The number of hydrogen-bond acceptors (Lipinski definition) is 3. The van der Waals surface area contributed by atoms with Crippen LogP contribution in [0.15, 0.2) is 22.8 Å². The van der Waals surface area contributed by atoms with Crippen LogP contribution in [-0.4, -0.2) is 30.9 Å². The highest BCUT2D eigenvalue weighted by Gasteiger charge is 2.66. The number of ketones is 1. The summed E-state index contributed by atoms with van der Waals surface area (Å²) in [6.45, 7) is 15.1. The van der Waals surface area contributed by atoms with Gasteiger partial charge in [-0.3, -0.25) is 4.79 Å². The van der Waals surface area contributed by atoms with Gasteiger partial charge in [-0.2, -0.15) is 0 Å². The molecule has 3 nitrogen and oxygen atoms in total. The third kappa shape index (κ3) is 2.25. The summed E-state index contributed by atoms with van der Waals surface area (Å²) in [5, 5.41) is 11.5. The van der Waals surface area contributed by atoms with E-state index in [0.717, 1.165) is 24.0 Å². The van der Waals surface area contributed by atoms with Crippen LogP contribution in [0.4, 0.5) is 0 Å². The monoisotopic (exact) mass is 334 g/mol. The van der Waals surface area contributed by atoms with Gasteiger partial charge in [0.2, 0.25) is 0 Å². The zero-order valence-corrected chi connectivity index (χ0v) is 16.5. The summed E-state index contributed by atoms with van der Waals surface area (Å²) in [4.78, 5) is 12.1. The minimum atomic E-state index is -2.05. The van der Waals surface area contributed by atoms with Crippen LogP contribution in [0.5, 0.6) is 0 Å². The van der Waals surface area contributed by atoms with Crippen molar-refractivity contribution >= 4 is 14.1 Å². The Hall–Kier alpha value is -0.713. The SMILES string of the molecule is CC1=C2CC(=O)C=C2C(O[Si](C)(C)C(C)(C)C)C(C)(O)C12CC2. The average Bonchev–Trinajstić information content (AvgIpc) is 3.11. The molecule has 2 atom stereocenters. The molecule has 0 bridgehead atoms. The fraction of sp³-hybridized carbons (Fsp3) is 0.737. The molecular weight excluding hydrogens is 304 g/mol. The number of fused-ring (bicyclic) bond motifs is 1. The van der Waals surface area contributed by atoms with Gasteiger partial charge in [0, 0.05) is 11.8 Å². The van der Waals surface area contributed by atoms with Crippen LogP contribution in [0.3, 0.4) is 0 Å². The molecule has 1 fully saturated rings. The summed E-state index contributed by atoms with van der Waals surface area (Å²) >= 11 is 0. The van der Waals surface area contributed by atoms with Gasteiger partial charge in [-0.05, 0) is 62.0 Å². The first-order chi connectivity index (χ1) is 10.3. The molecule has 23 heavy (non-hydrogen) atoms. The Morgan fingerprint density at radius 3 is 2.35 bits per heavy atom. The first-order valence-corrected chi connectivity index (χ1v) is 11.6. The van der Waals surface area contributed by atoms with E-state index < -0.39 is 13.9 Å². The highest BCUT2D eigenvalue weighted by molar-refractivity contribution is 6.74. The van der Waals surface area contributed by atoms with Gasteiger partial charge in [-0.1, -0.05) is 26.3 Å². The second-order valence-electron chi connectivity index (χ2n) is 9.33. The summed E-state index contributed by atoms with van der Waals surface area (Å²) in [5.74, 6) is 0.145. The summed E-state index contributed by atoms with van der Waals surface area (Å²) in [5.41, 5.74) is 2.18. The summed E-state index contributed by atoms with van der Waals surface area (Å²) in [6.07, 6.45) is 3.81. The number of aliphatic hydroxyl groups is 1. The van der Waals surface area contributed by atoms with Crippen molar-refractivity contribution in [1.29, 1.82) is 0 Å². The highest BCUT2D eigenvalue weighted by Crippen LogP contribution is 2.66. The number of carbonyl (C=O) groups excluding carboxylic acids is 1. The molecule has 3 aliphatic rings. The molecule has 0 aromatic heterocycles. The number of allylic oxidation sites excluding steroid dienone is 1. The molecule has 0 aromatic carbocycles. The molecular formula is C19H30O3Si. The maximum absolute atomic E-state index is 12.1. The predicted octanol–water partition coefficient (Wildman–Crippen LogP) is 4.14. The van der Waals surface area contributed by atoms with E-state index >= 15 is 0 Å². The molecule has 0 aliphatic heterocycles. The van der Waals surface area contributed by atoms with Crippen molar-refractivity contribution in [3.05, 3.63) is 22.8 Å². The van der Waals surface area contributed by atoms with Crippen LogP contribution in [0.25, 0.3) is 0 Å². The van der Waals surface area contributed by atoms with Gasteiger partial charge in [0.25, 0.3) is 0 Å². The van der Waals surface area contributed by atoms with E-state index in [4.69, 9.17) is 4.43 Å². The first-order valence-electron chi connectivity index (χ1n) is 8.69. The van der Waals surface area contributed by atoms with Crippen molar-refractivity contribution in [1.82, 2.24) is 0 Å². The van der Waals surface area contributed by atoms with E-state index in [1.165, 1.54) is 5.57 Å². The Kier molecular flexibility index (Phi) is 3.48. The Labute approximate surface area is 140 Å². The molecule has 2 unspecified atom stereocenters. The summed E-state index contributed by atoms with van der Waals surface area (Å²) < 4.78 is 6.68. The zero-order chi connectivity index (χ0) is 17.4. The maximum Gasteiger partial charge on any atom is 0.193 e. The van der Waals surface area contributed by atoms with Crippen LogP contribution >= 0.6 is 0 Å². The van der Waals surface area contributed by atoms with Crippen molar-refractivity contribution in [3.63, 3.8) is 0 Å². The fourth-order valence-electron chi connectivity index (χ4n) is 4.05. The van der Waals surface area contributed by atoms with Crippen molar-refractivity contribution in [3.8, 4) is 0 Å². The fourth-order valence-corrected chi connectivity index (χ4v) is 5.35. The van der Waals surface area contributed by atoms with Gasteiger partial charge in [0.1, 0.15) is 11.7 Å². The molecule has 1 spiro atoms. The summed E-state index contributed by atoms with van der Waals surface area (Å²) in [7, 11) is -2.05. The van der Waals surface area contributed by atoms with Gasteiger partial charge in [0.05, 0.1) is 0 Å². The lowest BCUT2D eigenvalue weighted by Crippen LogP contribution is -2.58. The van der Waals surface area contributed by atoms with Gasteiger partial charge in [-0.25, -0.2) is 0 Å². The van der Waals surface area contributed by atoms with E-state index in [1.807, 2.05) is 6.92 Å². The zero-order valence-electron chi connectivity index (χ0n) is 15.5. The van der Waals surface area contributed by atoms with Crippen LogP contribution in [-0.2, 0) is 9.22 Å². The molecule has 3 rings (SSSR count). The average molecular weight is 335 g/mol. The third-order valence-corrected chi connectivity index (χ3v) is 11.4. The molecule has 4 heteroatoms. The van der Waals surface area contributed by atoms with Gasteiger partial charge < -0.3 is 9.53 Å². The van der Waals surface area contributed by atoms with Crippen molar-refractivity contribution in [2.45, 2.75) is 83.7 Å². The number of rotatable bonds is 2. The summed E-state index contributed by atoms with van der Waals surface area (Å²) in [6, 6.07) is 0. The third-order valence-electron chi connectivity index (χ3n) is 6.92. The Balaban J connectivity index is 2.09. The molecule has 1 saturated carbocycles. The molecule has 0 radical (unpaired) electrons. The lowest BCUT2D eigenvalue weighted by atomic mass is 9.67. The Morgan fingerprint density at radius 2 is 1.87 bits per heavy atom. The minimum Gasteiger partial charge on any atom is -0.407 e. The van der Waals surface area contributed by atoms with Gasteiger partial charge in [-0.15, -0.1) is 0 Å². The normalized spacial score (nSPS) is 33.1. The van der Waals surface area contributed by atoms with Crippen molar-refractivity contribution < 1.29 is 14.3 Å². The van der Waals surface area contributed by atoms with Crippen molar-refractivity contribution in [2.75, 3.05) is 0 Å². The molecule has 0 heterocycles. The minimum absolute atomic E-state index is 0.0688. The van der Waals surface area contributed by atoms with E-state index in [1.54, 1.807) is 6.08 Å². The second-order valence-corrected chi connectivity index (χ2v) is 14.1. The molecule has 0 amide bonds. The van der Waals surface area contributed by atoms with E-state index in [2.05, 4.69) is 40.8 Å². The van der Waals surface area contributed by atoms with E-state index in [0.29, 0.717) is 6.42 Å². The van der Waals surface area contributed by atoms with Crippen LogP contribution in [0.2, 0.25) is 18.1 Å². The highest BCUT2D eigenvalue weighted by atomic mass is 28.4. The lowest BCUT2D eigenvalue weighted by molar-refractivity contribution is -0.113. The van der Waals surface area contributed by atoms with Crippen molar-refractivity contribution in [2.24, 2.45) is 5.41 Å². The first kappa shape index (κ1) is 17.1. The molecule has 0 saturated heterocycles. The molecule has 0 aromatic rings. The maximum atomic E-state index is 12.1. The van der Waals surface area contributed by atoms with Gasteiger partial charge in [0.15, 0.2) is 14.1 Å². The Morgan fingerprint density at radius 1 is 1.30 bits per heavy atom. The van der Waals surface area contributed by atoms with Gasteiger partial charge >= 0.3 is 0 Å².